The van der Waals surface area contributed by atoms with Crippen LogP contribution in [0, 0.1) is 5.82 Å². The van der Waals surface area contributed by atoms with Gasteiger partial charge in [0.15, 0.2) is 0 Å². The van der Waals surface area contributed by atoms with E-state index in [1.165, 1.54) is 12.1 Å². The first-order chi connectivity index (χ1) is 10.9. The van der Waals surface area contributed by atoms with Crippen LogP contribution in [0.15, 0.2) is 18.2 Å². The summed E-state index contributed by atoms with van der Waals surface area (Å²) >= 11 is 5.96. The highest BCUT2D eigenvalue weighted by Gasteiger charge is 2.25. The predicted molar refractivity (Wildman–Crippen MR) is 85.2 cm³/mol. The number of nitrogens with zero attached hydrogens (tertiary/aromatic N) is 2. The van der Waals surface area contributed by atoms with E-state index >= 15 is 0 Å². The zero-order valence-corrected chi connectivity index (χ0v) is 13.7. The molecule has 23 heavy (non-hydrogen) atoms. The van der Waals surface area contributed by atoms with Crippen LogP contribution in [-0.4, -0.2) is 59.5 Å². The average molecular weight is 343 g/mol. The van der Waals surface area contributed by atoms with Gasteiger partial charge in [-0.2, -0.15) is 0 Å². The van der Waals surface area contributed by atoms with Crippen LogP contribution in [0.1, 0.15) is 29.6 Å². The van der Waals surface area contributed by atoms with Crippen LogP contribution in [0.3, 0.4) is 0 Å². The van der Waals surface area contributed by atoms with Crippen LogP contribution in [0.2, 0.25) is 5.02 Å². The molecule has 1 aromatic rings. The number of carbonyl (C=O) groups excluding carboxylic acids is 1. The van der Waals surface area contributed by atoms with Crippen LogP contribution in [0.4, 0.5) is 4.39 Å². The molecule has 0 radical (unpaired) electrons. The number of hydrogen-bond acceptors (Lipinski definition) is 3. The fourth-order valence-corrected chi connectivity index (χ4v) is 3.15. The summed E-state index contributed by atoms with van der Waals surface area (Å²) in [6.07, 6.45) is 2.33. The fourth-order valence-electron chi connectivity index (χ4n) is 2.90. The molecule has 1 atom stereocenters. The molecule has 1 amide bonds. The zero-order valence-electron chi connectivity index (χ0n) is 13.0. The molecule has 1 N–H and O–H groups in total. The number of rotatable bonds is 4. The molecule has 0 spiro atoms. The highest BCUT2D eigenvalue weighted by Crippen LogP contribution is 2.22. The lowest BCUT2D eigenvalue weighted by Crippen LogP contribution is -2.37. The first-order valence-electron chi connectivity index (χ1n) is 7.55. The van der Waals surface area contributed by atoms with Gasteiger partial charge < -0.3 is 10.0 Å². The third-order valence-corrected chi connectivity index (χ3v) is 4.47. The largest absolute Gasteiger partial charge is 0.480 e. The zero-order chi connectivity index (χ0) is 17.0. The van der Waals surface area contributed by atoms with E-state index in [1.54, 1.807) is 16.8 Å². The Balaban J connectivity index is 2.02. The summed E-state index contributed by atoms with van der Waals surface area (Å²) in [7, 11) is 1.78. The van der Waals surface area contributed by atoms with Crippen LogP contribution in [-0.2, 0) is 4.79 Å². The van der Waals surface area contributed by atoms with E-state index in [0.717, 1.165) is 18.9 Å². The van der Waals surface area contributed by atoms with E-state index in [0.29, 0.717) is 25.1 Å². The number of aliphatic carboxylic acids is 1. The van der Waals surface area contributed by atoms with Crippen molar-refractivity contribution in [3.05, 3.63) is 34.6 Å². The normalized spacial score (nSPS) is 18.8. The first kappa shape index (κ1) is 17.7. The van der Waals surface area contributed by atoms with Crippen molar-refractivity contribution in [3.63, 3.8) is 0 Å². The lowest BCUT2D eigenvalue weighted by molar-refractivity contribution is -0.138. The number of likely N-dealkylation sites (tertiary alicyclic amines) is 1. The van der Waals surface area contributed by atoms with Crippen molar-refractivity contribution < 1.29 is 19.1 Å². The minimum atomic E-state index is -0.859. The minimum Gasteiger partial charge on any atom is -0.480 e. The van der Waals surface area contributed by atoms with Crippen LogP contribution in [0.25, 0.3) is 0 Å². The van der Waals surface area contributed by atoms with Crippen molar-refractivity contribution >= 4 is 23.5 Å². The second kappa shape index (κ2) is 7.75. The highest BCUT2D eigenvalue weighted by molar-refractivity contribution is 6.33. The Hall–Kier alpha value is -1.66. The van der Waals surface area contributed by atoms with Crippen molar-refractivity contribution in [2.45, 2.75) is 25.3 Å². The maximum Gasteiger partial charge on any atom is 0.317 e. The molecule has 2 rings (SSSR count). The molecule has 0 bridgehead atoms. The van der Waals surface area contributed by atoms with Crippen LogP contribution in [0.5, 0.6) is 0 Å². The second-order valence-electron chi connectivity index (χ2n) is 5.81. The monoisotopic (exact) mass is 342 g/mol. The van der Waals surface area contributed by atoms with E-state index in [2.05, 4.69) is 0 Å². The molecule has 1 heterocycles. The van der Waals surface area contributed by atoms with Gasteiger partial charge in [0, 0.05) is 19.1 Å². The third-order valence-electron chi connectivity index (χ3n) is 4.15. The summed E-state index contributed by atoms with van der Waals surface area (Å²) in [5, 5.41) is 8.99. The predicted octanol–water partition coefficient (Wildman–Crippen LogP) is 2.49. The molecular weight excluding hydrogens is 323 g/mol. The Morgan fingerprint density at radius 3 is 2.78 bits per heavy atom. The average Bonchev–Trinajstić information content (AvgIpc) is 2.71. The number of benzene rings is 1. The maximum absolute atomic E-state index is 13.1. The third kappa shape index (κ3) is 4.65. The highest BCUT2D eigenvalue weighted by atomic mass is 35.5. The van der Waals surface area contributed by atoms with Gasteiger partial charge in [-0.25, -0.2) is 4.39 Å². The molecule has 0 aliphatic carbocycles. The van der Waals surface area contributed by atoms with Crippen molar-refractivity contribution in [3.8, 4) is 0 Å². The van der Waals surface area contributed by atoms with Crippen molar-refractivity contribution in [1.29, 1.82) is 0 Å². The Morgan fingerprint density at radius 2 is 2.13 bits per heavy atom. The topological polar surface area (TPSA) is 60.9 Å². The molecule has 1 aliphatic heterocycles. The van der Waals surface area contributed by atoms with E-state index in [1.807, 2.05) is 0 Å². The van der Waals surface area contributed by atoms with Crippen LogP contribution < -0.4 is 0 Å². The van der Waals surface area contributed by atoms with Gasteiger partial charge in [0.05, 0.1) is 17.1 Å². The van der Waals surface area contributed by atoms with Gasteiger partial charge in [-0.1, -0.05) is 11.6 Å². The summed E-state index contributed by atoms with van der Waals surface area (Å²) in [5.74, 6) is -1.54. The summed E-state index contributed by atoms with van der Waals surface area (Å²) in [5.41, 5.74) is 0.297. The Morgan fingerprint density at radius 1 is 1.39 bits per heavy atom. The number of carboxylic acid groups (broad SMARTS) is 1. The number of carboxylic acids is 1. The molecule has 126 valence electrons. The molecule has 1 fully saturated rings. The molecule has 0 saturated carbocycles. The van der Waals surface area contributed by atoms with Crippen molar-refractivity contribution in [2.75, 3.05) is 26.7 Å². The van der Waals surface area contributed by atoms with E-state index in [4.69, 9.17) is 16.7 Å². The second-order valence-corrected chi connectivity index (χ2v) is 6.22. The van der Waals surface area contributed by atoms with Gasteiger partial charge in [-0.15, -0.1) is 0 Å². The summed E-state index contributed by atoms with van der Waals surface area (Å²) in [6.45, 7) is 1.10. The van der Waals surface area contributed by atoms with E-state index < -0.39 is 11.8 Å². The van der Waals surface area contributed by atoms with E-state index in [9.17, 15) is 14.0 Å². The molecule has 1 aliphatic rings. The quantitative estimate of drug-likeness (QED) is 0.913. The van der Waals surface area contributed by atoms with Gasteiger partial charge in [0.25, 0.3) is 5.91 Å². The molecule has 1 unspecified atom stereocenters. The Labute approximate surface area is 139 Å². The van der Waals surface area contributed by atoms with Crippen LogP contribution >= 0.6 is 11.6 Å². The molecule has 7 heteroatoms. The van der Waals surface area contributed by atoms with Gasteiger partial charge in [-0.05, 0) is 44.5 Å². The number of carbonyl (C=O) groups is 2. The van der Waals surface area contributed by atoms with Crippen molar-refractivity contribution in [1.82, 2.24) is 9.80 Å². The standard InChI is InChI=1S/C16H20ClFN2O3/c1-19(10-15(21)22)12-3-2-7-20(8-6-12)16(23)13-5-4-11(18)9-14(13)17/h4-5,9,12H,2-3,6-8,10H2,1H3,(H,21,22). The molecule has 5 nitrogen and oxygen atoms in total. The SMILES string of the molecule is CN(CC(=O)O)C1CCCN(C(=O)c2ccc(F)cc2Cl)CC1. The van der Waals surface area contributed by atoms with Gasteiger partial charge in [0.2, 0.25) is 0 Å². The maximum atomic E-state index is 13.1. The molecule has 1 saturated heterocycles. The van der Waals surface area contributed by atoms with Gasteiger partial charge >= 0.3 is 5.97 Å². The summed E-state index contributed by atoms with van der Waals surface area (Å²) in [4.78, 5) is 26.9. The van der Waals surface area contributed by atoms with Gasteiger partial charge in [0.1, 0.15) is 5.82 Å². The lowest BCUT2D eigenvalue weighted by Gasteiger charge is -2.25. The number of halogens is 2. The molecule has 0 aromatic heterocycles. The summed E-state index contributed by atoms with van der Waals surface area (Å²) < 4.78 is 13.1. The lowest BCUT2D eigenvalue weighted by atomic mass is 10.1. The first-order valence-corrected chi connectivity index (χ1v) is 7.92. The smallest absolute Gasteiger partial charge is 0.317 e. The number of likely N-dealkylation sites (N-methyl/N-ethyl adjacent to an activating group) is 1. The Kier molecular flexibility index (Phi) is 5.96. The van der Waals surface area contributed by atoms with Gasteiger partial charge in [-0.3, -0.25) is 14.5 Å². The van der Waals surface area contributed by atoms with Crippen molar-refractivity contribution in [2.24, 2.45) is 0 Å². The molecular formula is C16H20ClFN2O3. The molecule has 1 aromatic carbocycles. The minimum absolute atomic E-state index is 0.0115. The number of hydrogen-bond donors (Lipinski definition) is 1. The fraction of sp³-hybridized carbons (Fsp3) is 0.500. The summed E-state index contributed by atoms with van der Waals surface area (Å²) in [6, 6.07) is 3.89. The Bertz CT molecular complexity index is 597. The van der Waals surface area contributed by atoms with E-state index in [-0.39, 0.29) is 23.5 Å². The number of amides is 1.